The molecule has 1 saturated heterocycles. The van der Waals surface area contributed by atoms with Gasteiger partial charge in [0.15, 0.2) is 8.24 Å². The van der Waals surface area contributed by atoms with Crippen molar-refractivity contribution >= 4 is 8.24 Å². The van der Waals surface area contributed by atoms with E-state index in [2.05, 4.69) is 37.1 Å². The molecule has 1 heterocycles. The summed E-state index contributed by atoms with van der Waals surface area (Å²) in [7, 11) is -1.19. The minimum absolute atomic E-state index is 1.19. The Hall–Kier alpha value is -0.0831. The Labute approximate surface area is 90.3 Å². The number of nitrogens with zero attached hydrogens (tertiary/aromatic N) is 1. The van der Waals surface area contributed by atoms with Crippen molar-refractivity contribution in [2.24, 2.45) is 0 Å². The normalized spacial score (nSPS) is 20.5. The second-order valence-electron chi connectivity index (χ2n) is 4.36. The monoisotopic (exact) mass is 211 g/mol. The van der Waals surface area contributed by atoms with Crippen LogP contribution in [-0.2, 0) is 0 Å². The molecule has 0 spiro atoms. The molecule has 1 fully saturated rings. The summed E-state index contributed by atoms with van der Waals surface area (Å²) >= 11 is 0. The zero-order valence-corrected chi connectivity index (χ0v) is 11.1. The fraction of sp³-hybridized carbons (Fsp3) is 0.833. The first kappa shape index (κ1) is 12.0. The summed E-state index contributed by atoms with van der Waals surface area (Å²) in [5.74, 6) is 0. The Morgan fingerprint density at radius 3 is 2.07 bits per heavy atom. The van der Waals surface area contributed by atoms with Crippen molar-refractivity contribution in [2.45, 2.75) is 52.1 Å². The molecule has 0 bridgehead atoms. The predicted octanol–water partition coefficient (Wildman–Crippen LogP) is 3.57. The molecule has 1 rings (SSSR count). The number of hydrogen-bond acceptors (Lipinski definition) is 1. The molecule has 0 unspecified atom stereocenters. The number of piperidine rings is 1. The van der Waals surface area contributed by atoms with Gasteiger partial charge in [0.05, 0.1) is 0 Å². The summed E-state index contributed by atoms with van der Waals surface area (Å²) in [6.45, 7) is 9.65. The molecular weight excluding hydrogens is 186 g/mol. The molecule has 0 aliphatic carbocycles. The molecule has 1 nitrogen and oxygen atoms in total. The maximum atomic E-state index is 2.83. The molecule has 1 aliphatic rings. The third-order valence-corrected chi connectivity index (χ3v) is 8.80. The Kier molecular flexibility index (Phi) is 4.89. The van der Waals surface area contributed by atoms with E-state index in [1.165, 1.54) is 44.4 Å². The lowest BCUT2D eigenvalue weighted by Crippen LogP contribution is -2.53. The van der Waals surface area contributed by atoms with Crippen LogP contribution in [0.4, 0.5) is 0 Å². The molecule has 1 aliphatic heterocycles. The van der Waals surface area contributed by atoms with Gasteiger partial charge >= 0.3 is 0 Å². The largest absolute Gasteiger partial charge is 0.320 e. The van der Waals surface area contributed by atoms with Crippen molar-refractivity contribution in [1.82, 2.24) is 4.57 Å². The zero-order chi connectivity index (χ0) is 10.4. The van der Waals surface area contributed by atoms with Gasteiger partial charge in [0.25, 0.3) is 0 Å². The predicted molar refractivity (Wildman–Crippen MR) is 67.0 cm³/mol. The van der Waals surface area contributed by atoms with E-state index in [-0.39, 0.29) is 0 Å². The molecule has 0 amide bonds. The Morgan fingerprint density at radius 1 is 1.07 bits per heavy atom. The van der Waals surface area contributed by atoms with Crippen LogP contribution >= 0.6 is 0 Å². The van der Waals surface area contributed by atoms with Crippen molar-refractivity contribution in [1.29, 1.82) is 0 Å². The first-order chi connectivity index (χ1) is 6.79. The van der Waals surface area contributed by atoms with E-state index < -0.39 is 8.24 Å². The molecule has 2 heteroatoms. The molecule has 14 heavy (non-hydrogen) atoms. The van der Waals surface area contributed by atoms with E-state index in [1.807, 2.05) is 0 Å². The SMILES string of the molecule is CC=C[Si](CC)(CC)N1CCCCC1. The summed E-state index contributed by atoms with van der Waals surface area (Å²) in [4.78, 5) is 0. The summed E-state index contributed by atoms with van der Waals surface area (Å²) < 4.78 is 2.83. The topological polar surface area (TPSA) is 3.24 Å². The van der Waals surface area contributed by atoms with E-state index in [0.29, 0.717) is 0 Å². The fourth-order valence-electron chi connectivity index (χ4n) is 2.69. The Morgan fingerprint density at radius 2 is 1.64 bits per heavy atom. The molecule has 0 saturated carbocycles. The van der Waals surface area contributed by atoms with E-state index >= 15 is 0 Å². The summed E-state index contributed by atoms with van der Waals surface area (Å²) in [6, 6.07) is 2.77. The first-order valence-corrected chi connectivity index (χ1v) is 8.62. The van der Waals surface area contributed by atoms with Gasteiger partial charge in [0.2, 0.25) is 0 Å². The minimum Gasteiger partial charge on any atom is -0.320 e. The van der Waals surface area contributed by atoms with Crippen LogP contribution in [0.2, 0.25) is 12.1 Å². The second kappa shape index (κ2) is 5.71. The minimum atomic E-state index is -1.19. The molecule has 82 valence electrons. The van der Waals surface area contributed by atoms with E-state index in [1.54, 1.807) is 0 Å². The molecular formula is C12H25NSi. The van der Waals surface area contributed by atoms with Crippen molar-refractivity contribution in [3.63, 3.8) is 0 Å². The number of allylic oxidation sites excluding steroid dienone is 1. The molecule has 0 radical (unpaired) electrons. The quantitative estimate of drug-likeness (QED) is 0.643. The van der Waals surface area contributed by atoms with Crippen LogP contribution < -0.4 is 0 Å². The van der Waals surface area contributed by atoms with E-state index in [4.69, 9.17) is 0 Å². The van der Waals surface area contributed by atoms with Crippen molar-refractivity contribution in [2.75, 3.05) is 13.1 Å². The van der Waals surface area contributed by atoms with Gasteiger partial charge in [-0.3, -0.25) is 0 Å². The lowest BCUT2D eigenvalue weighted by molar-refractivity contribution is 0.343. The van der Waals surface area contributed by atoms with Crippen LogP contribution in [0.15, 0.2) is 11.8 Å². The number of hydrogen-bond donors (Lipinski definition) is 0. The van der Waals surface area contributed by atoms with Gasteiger partial charge in [0.1, 0.15) is 0 Å². The zero-order valence-electron chi connectivity index (χ0n) is 10.1. The third kappa shape index (κ3) is 2.48. The number of rotatable bonds is 4. The Bertz CT molecular complexity index is 179. The van der Waals surface area contributed by atoms with Crippen LogP contribution in [0.5, 0.6) is 0 Å². The Balaban J connectivity index is 2.72. The highest BCUT2D eigenvalue weighted by Crippen LogP contribution is 2.25. The van der Waals surface area contributed by atoms with Gasteiger partial charge < -0.3 is 4.57 Å². The summed E-state index contributed by atoms with van der Waals surface area (Å²) in [6.07, 6.45) is 6.58. The molecule has 0 aromatic rings. The van der Waals surface area contributed by atoms with Crippen LogP contribution in [0.25, 0.3) is 0 Å². The van der Waals surface area contributed by atoms with Crippen molar-refractivity contribution < 1.29 is 0 Å². The van der Waals surface area contributed by atoms with Crippen LogP contribution in [0.1, 0.15) is 40.0 Å². The third-order valence-electron chi connectivity index (χ3n) is 3.69. The molecule has 0 N–H and O–H groups in total. The van der Waals surface area contributed by atoms with Crippen LogP contribution in [-0.4, -0.2) is 25.9 Å². The smallest absolute Gasteiger partial charge is 0.152 e. The van der Waals surface area contributed by atoms with Crippen molar-refractivity contribution in [3.05, 3.63) is 11.8 Å². The molecule has 0 aromatic heterocycles. The van der Waals surface area contributed by atoms with Crippen LogP contribution in [0.3, 0.4) is 0 Å². The van der Waals surface area contributed by atoms with Gasteiger partial charge in [-0.1, -0.05) is 32.0 Å². The average Bonchev–Trinajstić information content (AvgIpc) is 2.27. The van der Waals surface area contributed by atoms with E-state index in [0.717, 1.165) is 0 Å². The van der Waals surface area contributed by atoms with E-state index in [9.17, 15) is 0 Å². The van der Waals surface area contributed by atoms with Gasteiger partial charge in [0, 0.05) is 0 Å². The highest BCUT2D eigenvalue weighted by atomic mass is 28.3. The highest BCUT2D eigenvalue weighted by Gasteiger charge is 2.33. The molecule has 0 aromatic carbocycles. The van der Waals surface area contributed by atoms with Gasteiger partial charge in [-0.05, 0) is 44.9 Å². The maximum absolute atomic E-state index is 2.83. The van der Waals surface area contributed by atoms with Crippen LogP contribution in [0, 0.1) is 0 Å². The summed E-state index contributed by atoms with van der Waals surface area (Å²) in [5, 5.41) is 0. The fourth-order valence-corrected chi connectivity index (χ4v) is 6.59. The standard InChI is InChI=1S/C12H25NSi/c1-4-12-14(5-2,6-3)13-10-8-7-9-11-13/h4,12H,5-11H2,1-3H3. The average molecular weight is 211 g/mol. The lowest BCUT2D eigenvalue weighted by atomic mass is 10.2. The molecule has 0 atom stereocenters. The van der Waals surface area contributed by atoms with Gasteiger partial charge in [-0.15, -0.1) is 0 Å². The van der Waals surface area contributed by atoms with Crippen molar-refractivity contribution in [3.8, 4) is 0 Å². The lowest BCUT2D eigenvalue weighted by Gasteiger charge is -2.41. The maximum Gasteiger partial charge on any atom is 0.152 e. The highest BCUT2D eigenvalue weighted by molar-refractivity contribution is 6.81. The first-order valence-electron chi connectivity index (χ1n) is 6.18. The van der Waals surface area contributed by atoms with Gasteiger partial charge in [-0.25, -0.2) is 0 Å². The second-order valence-corrected chi connectivity index (χ2v) is 8.95. The van der Waals surface area contributed by atoms with Gasteiger partial charge in [-0.2, -0.15) is 0 Å². The summed E-state index contributed by atoms with van der Waals surface area (Å²) in [5.41, 5.74) is 2.55.